The van der Waals surface area contributed by atoms with E-state index < -0.39 is 0 Å². The lowest BCUT2D eigenvalue weighted by Gasteiger charge is -2.21. The Bertz CT molecular complexity index is 787. The molecule has 5 nitrogen and oxygen atoms in total. The van der Waals surface area contributed by atoms with Gasteiger partial charge in [0, 0.05) is 44.0 Å². The Balaban J connectivity index is 2.04. The second kappa shape index (κ2) is 9.97. The van der Waals surface area contributed by atoms with Gasteiger partial charge in [0.1, 0.15) is 5.75 Å². The molecule has 1 amide bonds. The molecule has 0 saturated carbocycles. The minimum absolute atomic E-state index is 0.0402. The third-order valence-corrected chi connectivity index (χ3v) is 4.32. The van der Waals surface area contributed by atoms with E-state index in [1.54, 1.807) is 12.3 Å². The smallest absolute Gasteiger partial charge is 0.219 e. The third-order valence-electron chi connectivity index (χ3n) is 4.03. The summed E-state index contributed by atoms with van der Waals surface area (Å²) >= 11 is 6.37. The lowest BCUT2D eigenvalue weighted by molar-refractivity contribution is -0.119. The number of ether oxygens (including phenoxy) is 1. The van der Waals surface area contributed by atoms with Crippen LogP contribution in [0.4, 0.5) is 5.69 Å². The minimum atomic E-state index is -0.0575. The van der Waals surface area contributed by atoms with Crippen LogP contribution in [0.1, 0.15) is 33.3 Å². The number of rotatable bonds is 8. The van der Waals surface area contributed by atoms with Crippen molar-refractivity contribution < 1.29 is 9.53 Å². The highest BCUT2D eigenvalue weighted by Gasteiger charge is 2.08. The maximum absolute atomic E-state index is 11.0. The van der Waals surface area contributed by atoms with Gasteiger partial charge in [0.25, 0.3) is 0 Å². The first kappa shape index (κ1) is 20.8. The highest BCUT2D eigenvalue weighted by molar-refractivity contribution is 6.32. The Labute approximate surface area is 166 Å². The molecule has 1 atom stereocenters. The quantitative estimate of drug-likeness (QED) is 0.699. The highest BCUT2D eigenvalue weighted by Crippen LogP contribution is 2.32. The Hall–Kier alpha value is -2.53. The molecule has 2 aromatic rings. The van der Waals surface area contributed by atoms with E-state index in [-0.39, 0.29) is 11.9 Å². The van der Waals surface area contributed by atoms with Crippen molar-refractivity contribution in [2.75, 3.05) is 18.0 Å². The number of nitrogens with zero attached hydrogens (tertiary/aromatic N) is 2. The second-order valence-electron chi connectivity index (χ2n) is 6.17. The number of aromatic nitrogens is 1. The zero-order valence-electron chi connectivity index (χ0n) is 16.2. The van der Waals surface area contributed by atoms with Crippen LogP contribution in [-0.4, -0.2) is 30.0 Å². The first-order chi connectivity index (χ1) is 12.9. The maximum Gasteiger partial charge on any atom is 0.219 e. The highest BCUT2D eigenvalue weighted by atomic mass is 35.5. The van der Waals surface area contributed by atoms with Gasteiger partial charge < -0.3 is 15.0 Å². The van der Waals surface area contributed by atoms with Crippen LogP contribution in [0.2, 0.25) is 5.02 Å². The van der Waals surface area contributed by atoms with Crippen LogP contribution in [0.5, 0.6) is 11.6 Å². The van der Waals surface area contributed by atoms with Crippen LogP contribution in [0.15, 0.2) is 42.6 Å². The molecule has 0 fully saturated rings. The first-order valence-corrected chi connectivity index (χ1v) is 9.44. The summed E-state index contributed by atoms with van der Waals surface area (Å²) in [5, 5.41) is 3.35. The lowest BCUT2D eigenvalue weighted by Crippen LogP contribution is -2.28. The second-order valence-corrected chi connectivity index (χ2v) is 6.57. The molecule has 1 aromatic heterocycles. The van der Waals surface area contributed by atoms with Crippen LogP contribution in [0.3, 0.4) is 0 Å². The van der Waals surface area contributed by atoms with Gasteiger partial charge in [-0.15, -0.1) is 0 Å². The van der Waals surface area contributed by atoms with Crippen molar-refractivity contribution in [3.8, 4) is 11.6 Å². The van der Waals surface area contributed by atoms with Gasteiger partial charge >= 0.3 is 0 Å². The van der Waals surface area contributed by atoms with Gasteiger partial charge in [-0.1, -0.05) is 23.8 Å². The number of pyridine rings is 1. The maximum atomic E-state index is 11.0. The van der Waals surface area contributed by atoms with Gasteiger partial charge in [0.2, 0.25) is 11.8 Å². The van der Waals surface area contributed by atoms with Crippen molar-refractivity contribution in [1.82, 2.24) is 10.3 Å². The predicted octanol–water partition coefficient (Wildman–Crippen LogP) is 4.91. The molecule has 0 saturated heterocycles. The van der Waals surface area contributed by atoms with Crippen LogP contribution >= 0.6 is 11.6 Å². The van der Waals surface area contributed by atoms with E-state index in [4.69, 9.17) is 16.3 Å². The summed E-state index contributed by atoms with van der Waals surface area (Å²) in [5.41, 5.74) is 1.99. The number of amides is 1. The summed E-state index contributed by atoms with van der Waals surface area (Å²) in [6, 6.07) is 9.41. The Morgan fingerprint density at radius 1 is 1.30 bits per heavy atom. The summed E-state index contributed by atoms with van der Waals surface area (Å²) in [6.45, 7) is 9.47. The van der Waals surface area contributed by atoms with Gasteiger partial charge in [0.15, 0.2) is 0 Å². The number of nitrogens with one attached hydrogen (secondary N) is 1. The van der Waals surface area contributed by atoms with Gasteiger partial charge in [-0.2, -0.15) is 0 Å². The molecule has 0 unspecified atom stereocenters. The zero-order valence-corrected chi connectivity index (χ0v) is 17.0. The van der Waals surface area contributed by atoms with Gasteiger partial charge in [-0.3, -0.25) is 4.79 Å². The molecule has 0 aliphatic carbocycles. The van der Waals surface area contributed by atoms with Crippen molar-refractivity contribution in [3.63, 3.8) is 0 Å². The number of halogens is 1. The molecule has 0 aliphatic rings. The number of carbonyl (C=O) groups is 1. The van der Waals surface area contributed by atoms with Gasteiger partial charge in [-0.25, -0.2) is 4.98 Å². The fourth-order valence-electron chi connectivity index (χ4n) is 2.65. The molecule has 1 heterocycles. The molecule has 1 aromatic carbocycles. The van der Waals surface area contributed by atoms with Crippen LogP contribution in [-0.2, 0) is 4.79 Å². The SMILES string of the molecule is CCN(CC)c1ccc(Oc2ccc(/C=C/[C@H](C)NC(C)=O)cn2)c(Cl)c1. The standard InChI is InChI=1S/C21H26ClN3O2/c1-5-25(6-2)18-10-11-20(19(22)13-18)27-21-12-9-17(14-23-21)8-7-15(3)24-16(4)26/h7-15H,5-6H2,1-4H3,(H,24,26)/b8-7+/t15-/m0/s1. The minimum Gasteiger partial charge on any atom is -0.437 e. The number of benzene rings is 1. The Kier molecular flexibility index (Phi) is 7.67. The molecule has 144 valence electrons. The molecular formula is C21H26ClN3O2. The molecule has 27 heavy (non-hydrogen) atoms. The molecule has 0 radical (unpaired) electrons. The summed E-state index contributed by atoms with van der Waals surface area (Å²) in [7, 11) is 0. The third kappa shape index (κ3) is 6.29. The average molecular weight is 388 g/mol. The number of anilines is 1. The summed E-state index contributed by atoms with van der Waals surface area (Å²) < 4.78 is 5.80. The molecular weight excluding hydrogens is 362 g/mol. The molecule has 0 bridgehead atoms. The van der Waals surface area contributed by atoms with E-state index in [2.05, 4.69) is 29.0 Å². The fourth-order valence-corrected chi connectivity index (χ4v) is 2.86. The molecule has 0 aliphatic heterocycles. The van der Waals surface area contributed by atoms with Crippen LogP contribution < -0.4 is 15.0 Å². The normalized spacial score (nSPS) is 12.0. The summed E-state index contributed by atoms with van der Waals surface area (Å²) in [5.74, 6) is 0.986. The average Bonchev–Trinajstić information content (AvgIpc) is 2.64. The fraction of sp³-hybridized carbons (Fsp3) is 0.333. The van der Waals surface area contributed by atoms with E-state index in [1.807, 2.05) is 43.3 Å². The van der Waals surface area contributed by atoms with Crippen molar-refractivity contribution in [2.24, 2.45) is 0 Å². The van der Waals surface area contributed by atoms with E-state index in [0.717, 1.165) is 24.3 Å². The van der Waals surface area contributed by atoms with Gasteiger partial charge in [0.05, 0.1) is 5.02 Å². The number of hydrogen-bond donors (Lipinski definition) is 1. The largest absolute Gasteiger partial charge is 0.437 e. The first-order valence-electron chi connectivity index (χ1n) is 9.06. The lowest BCUT2D eigenvalue weighted by atomic mass is 10.2. The van der Waals surface area contributed by atoms with E-state index in [0.29, 0.717) is 16.7 Å². The Morgan fingerprint density at radius 2 is 2.04 bits per heavy atom. The molecule has 2 rings (SSSR count). The van der Waals surface area contributed by atoms with Crippen molar-refractivity contribution >= 4 is 29.3 Å². The molecule has 1 N–H and O–H groups in total. The van der Waals surface area contributed by atoms with Gasteiger partial charge in [-0.05, 0) is 50.6 Å². The van der Waals surface area contributed by atoms with E-state index in [9.17, 15) is 4.79 Å². The van der Waals surface area contributed by atoms with E-state index in [1.165, 1.54) is 6.92 Å². The summed E-state index contributed by atoms with van der Waals surface area (Å²) in [4.78, 5) is 17.5. The van der Waals surface area contributed by atoms with Crippen molar-refractivity contribution in [3.05, 3.63) is 53.2 Å². The Morgan fingerprint density at radius 3 is 2.59 bits per heavy atom. The number of carbonyl (C=O) groups excluding carboxylic acids is 1. The zero-order chi connectivity index (χ0) is 19.8. The monoisotopic (exact) mass is 387 g/mol. The van der Waals surface area contributed by atoms with Crippen molar-refractivity contribution in [2.45, 2.75) is 33.7 Å². The van der Waals surface area contributed by atoms with Crippen molar-refractivity contribution in [1.29, 1.82) is 0 Å². The predicted molar refractivity (Wildman–Crippen MR) is 112 cm³/mol. The topological polar surface area (TPSA) is 54.5 Å². The summed E-state index contributed by atoms with van der Waals surface area (Å²) in [6.07, 6.45) is 5.52. The van der Waals surface area contributed by atoms with E-state index >= 15 is 0 Å². The molecule has 6 heteroatoms. The van der Waals surface area contributed by atoms with Crippen LogP contribution in [0.25, 0.3) is 6.08 Å². The van der Waals surface area contributed by atoms with Crippen LogP contribution in [0, 0.1) is 0 Å². The molecule has 0 spiro atoms. The number of hydrogen-bond acceptors (Lipinski definition) is 4.